The van der Waals surface area contributed by atoms with Crippen LogP contribution in [-0.2, 0) is 17.8 Å². The number of aromatic nitrogens is 1. The van der Waals surface area contributed by atoms with Crippen molar-refractivity contribution in [3.8, 4) is 6.07 Å². The molecule has 35 heavy (non-hydrogen) atoms. The van der Waals surface area contributed by atoms with Crippen molar-refractivity contribution in [3.05, 3.63) is 94.4 Å². The van der Waals surface area contributed by atoms with Crippen molar-refractivity contribution in [2.45, 2.75) is 50.5 Å². The highest BCUT2D eigenvalue weighted by Gasteiger charge is 2.32. The average Bonchev–Trinajstić information content (AvgIpc) is 3.07. The third-order valence-electron chi connectivity index (χ3n) is 6.25. The standard InChI is InChI=1S/C29H27FN2O2S/c1-18-5-6-19(2)26(13-18)35-27-23-14-22(30)11-12-24(23)32(25(27)15-29(3,4)28(33)34)17-21-9-7-20(16-31)8-10-21/h5-14H,15,17H2,1-4H3,(H,33,34). The molecule has 1 aromatic heterocycles. The Hall–Kier alpha value is -3.56. The second kappa shape index (κ2) is 9.59. The molecule has 1 heterocycles. The lowest BCUT2D eigenvalue weighted by Gasteiger charge is -2.22. The fourth-order valence-corrected chi connectivity index (χ4v) is 5.38. The van der Waals surface area contributed by atoms with Gasteiger partial charge in [0, 0.05) is 39.4 Å². The Labute approximate surface area is 209 Å². The average molecular weight is 487 g/mol. The molecule has 0 amide bonds. The number of carbonyl (C=O) groups is 1. The monoisotopic (exact) mass is 486 g/mol. The van der Waals surface area contributed by atoms with Crippen molar-refractivity contribution in [1.29, 1.82) is 5.26 Å². The van der Waals surface area contributed by atoms with E-state index in [0.29, 0.717) is 12.1 Å². The summed E-state index contributed by atoms with van der Waals surface area (Å²) < 4.78 is 16.6. The molecule has 0 aliphatic carbocycles. The maximum Gasteiger partial charge on any atom is 0.309 e. The molecule has 4 nitrogen and oxygen atoms in total. The number of carboxylic acids is 1. The van der Waals surface area contributed by atoms with Gasteiger partial charge in [-0.25, -0.2) is 4.39 Å². The van der Waals surface area contributed by atoms with Gasteiger partial charge < -0.3 is 9.67 Å². The second-order valence-corrected chi connectivity index (χ2v) is 10.6. The van der Waals surface area contributed by atoms with Gasteiger partial charge in [0.25, 0.3) is 0 Å². The summed E-state index contributed by atoms with van der Waals surface area (Å²) in [6.45, 7) is 7.98. The number of fused-ring (bicyclic) bond motifs is 1. The summed E-state index contributed by atoms with van der Waals surface area (Å²) in [5, 5.41) is 19.8. The van der Waals surface area contributed by atoms with E-state index < -0.39 is 11.4 Å². The Kier molecular flexibility index (Phi) is 6.73. The summed E-state index contributed by atoms with van der Waals surface area (Å²) in [6, 6.07) is 20.4. The largest absolute Gasteiger partial charge is 0.481 e. The molecule has 0 unspecified atom stereocenters. The van der Waals surface area contributed by atoms with Crippen LogP contribution in [0.25, 0.3) is 10.9 Å². The minimum absolute atomic E-state index is 0.280. The van der Waals surface area contributed by atoms with Gasteiger partial charge >= 0.3 is 5.97 Å². The molecule has 0 saturated heterocycles. The molecule has 6 heteroatoms. The van der Waals surface area contributed by atoms with Crippen molar-refractivity contribution in [1.82, 2.24) is 4.57 Å². The SMILES string of the molecule is Cc1ccc(C)c(Sc2c(CC(C)(C)C(=O)O)n(Cc3ccc(C#N)cc3)c3ccc(F)cc23)c1. The van der Waals surface area contributed by atoms with Crippen molar-refractivity contribution in [2.24, 2.45) is 5.41 Å². The van der Waals surface area contributed by atoms with Gasteiger partial charge in [-0.3, -0.25) is 4.79 Å². The van der Waals surface area contributed by atoms with E-state index in [9.17, 15) is 14.3 Å². The van der Waals surface area contributed by atoms with E-state index in [-0.39, 0.29) is 12.2 Å². The quantitative estimate of drug-likeness (QED) is 0.302. The number of hydrogen-bond donors (Lipinski definition) is 1. The summed E-state index contributed by atoms with van der Waals surface area (Å²) in [5.74, 6) is -1.22. The highest BCUT2D eigenvalue weighted by molar-refractivity contribution is 7.99. The number of aliphatic carboxylic acids is 1. The van der Waals surface area contributed by atoms with Crippen LogP contribution in [0, 0.1) is 36.4 Å². The van der Waals surface area contributed by atoms with Crippen LogP contribution in [-0.4, -0.2) is 15.6 Å². The minimum Gasteiger partial charge on any atom is -0.481 e. The highest BCUT2D eigenvalue weighted by Crippen LogP contribution is 2.42. The van der Waals surface area contributed by atoms with Crippen molar-refractivity contribution in [3.63, 3.8) is 0 Å². The van der Waals surface area contributed by atoms with Gasteiger partial charge in [0.05, 0.1) is 17.0 Å². The van der Waals surface area contributed by atoms with Crippen molar-refractivity contribution in [2.75, 3.05) is 0 Å². The van der Waals surface area contributed by atoms with Crippen LogP contribution in [0.5, 0.6) is 0 Å². The Bertz CT molecular complexity index is 1460. The smallest absolute Gasteiger partial charge is 0.309 e. The first-order chi connectivity index (χ1) is 16.6. The topological polar surface area (TPSA) is 66.0 Å². The molecule has 4 rings (SSSR count). The van der Waals surface area contributed by atoms with E-state index >= 15 is 0 Å². The van der Waals surface area contributed by atoms with E-state index in [2.05, 4.69) is 28.8 Å². The fraction of sp³-hybridized carbons (Fsp3) is 0.241. The Morgan fingerprint density at radius 3 is 2.46 bits per heavy atom. The molecule has 0 radical (unpaired) electrons. The van der Waals surface area contributed by atoms with Gasteiger partial charge in [0.15, 0.2) is 0 Å². The molecular weight excluding hydrogens is 459 g/mol. The summed E-state index contributed by atoms with van der Waals surface area (Å²) in [4.78, 5) is 14.0. The van der Waals surface area contributed by atoms with Crippen LogP contribution in [0.2, 0.25) is 0 Å². The number of aryl methyl sites for hydroxylation is 2. The number of rotatable bonds is 7. The fourth-order valence-electron chi connectivity index (χ4n) is 4.11. The van der Waals surface area contributed by atoms with E-state index in [0.717, 1.165) is 43.1 Å². The zero-order valence-corrected chi connectivity index (χ0v) is 21.0. The molecule has 178 valence electrons. The number of benzene rings is 3. The van der Waals surface area contributed by atoms with Crippen LogP contribution < -0.4 is 0 Å². The Morgan fingerprint density at radius 2 is 1.80 bits per heavy atom. The second-order valence-electron chi connectivity index (χ2n) is 9.57. The Morgan fingerprint density at radius 1 is 1.09 bits per heavy atom. The number of carboxylic acid groups (broad SMARTS) is 1. The lowest BCUT2D eigenvalue weighted by atomic mass is 9.88. The number of hydrogen-bond acceptors (Lipinski definition) is 3. The van der Waals surface area contributed by atoms with Crippen molar-refractivity contribution >= 4 is 28.6 Å². The summed E-state index contributed by atoms with van der Waals surface area (Å²) >= 11 is 1.56. The molecule has 0 fully saturated rings. The van der Waals surface area contributed by atoms with E-state index in [1.807, 2.05) is 26.0 Å². The number of halogens is 1. The first-order valence-corrected chi connectivity index (χ1v) is 12.2. The van der Waals surface area contributed by atoms with Gasteiger partial charge in [-0.15, -0.1) is 0 Å². The number of nitriles is 1. The summed E-state index contributed by atoms with van der Waals surface area (Å²) in [5.41, 5.74) is 4.46. The molecule has 0 aliphatic rings. The van der Waals surface area contributed by atoms with Gasteiger partial charge in [-0.05, 0) is 80.8 Å². The maximum absolute atomic E-state index is 14.5. The predicted octanol–water partition coefficient (Wildman–Crippen LogP) is 7.12. The molecule has 1 N–H and O–H groups in total. The molecule has 4 aromatic rings. The van der Waals surface area contributed by atoms with Crippen LogP contribution in [0.3, 0.4) is 0 Å². The third kappa shape index (κ3) is 5.11. The third-order valence-corrected chi connectivity index (χ3v) is 7.57. The lowest BCUT2D eigenvalue weighted by molar-refractivity contribution is -0.146. The lowest BCUT2D eigenvalue weighted by Crippen LogP contribution is -2.27. The van der Waals surface area contributed by atoms with E-state index in [1.54, 1.807) is 43.8 Å². The summed E-state index contributed by atoms with van der Waals surface area (Å²) in [7, 11) is 0. The zero-order valence-electron chi connectivity index (χ0n) is 20.2. The van der Waals surface area contributed by atoms with E-state index in [4.69, 9.17) is 5.26 Å². The van der Waals surface area contributed by atoms with Gasteiger partial charge in [0.2, 0.25) is 0 Å². The number of nitrogens with zero attached hydrogens (tertiary/aromatic N) is 2. The first kappa shape index (κ1) is 24.6. The van der Waals surface area contributed by atoms with Gasteiger partial charge in [-0.2, -0.15) is 5.26 Å². The van der Waals surface area contributed by atoms with Crippen LogP contribution in [0.1, 0.15) is 41.8 Å². The molecular formula is C29H27FN2O2S. The van der Waals surface area contributed by atoms with Crippen LogP contribution in [0.4, 0.5) is 4.39 Å². The van der Waals surface area contributed by atoms with E-state index in [1.165, 1.54) is 12.1 Å². The molecule has 0 aliphatic heterocycles. The predicted molar refractivity (Wildman–Crippen MR) is 137 cm³/mol. The molecule has 0 bridgehead atoms. The molecule has 0 spiro atoms. The highest BCUT2D eigenvalue weighted by atomic mass is 32.2. The minimum atomic E-state index is -1.02. The van der Waals surface area contributed by atoms with Crippen LogP contribution in [0.15, 0.2) is 70.5 Å². The first-order valence-electron chi connectivity index (χ1n) is 11.4. The summed E-state index contributed by atoms with van der Waals surface area (Å²) in [6.07, 6.45) is 0.280. The van der Waals surface area contributed by atoms with Gasteiger partial charge in [0.1, 0.15) is 5.82 Å². The van der Waals surface area contributed by atoms with Gasteiger partial charge in [-0.1, -0.05) is 36.0 Å². The molecule has 0 saturated carbocycles. The zero-order chi connectivity index (χ0) is 25.3. The normalized spacial score (nSPS) is 11.5. The Balaban J connectivity index is 1.95. The van der Waals surface area contributed by atoms with Crippen LogP contribution >= 0.6 is 11.8 Å². The molecule has 3 aromatic carbocycles. The molecule has 0 atom stereocenters. The van der Waals surface area contributed by atoms with Crippen molar-refractivity contribution < 1.29 is 14.3 Å². The maximum atomic E-state index is 14.5.